The SMILES string of the molecule is COC(=O)c1nc(-c2c(C)cc(C)cc2C)c(C)[nH]1. The van der Waals surface area contributed by atoms with Crippen molar-refractivity contribution in [3.05, 3.63) is 40.3 Å². The molecule has 1 heterocycles. The fourth-order valence-electron chi connectivity index (χ4n) is 2.45. The average molecular weight is 258 g/mol. The van der Waals surface area contributed by atoms with E-state index >= 15 is 0 Å². The number of aromatic nitrogens is 2. The summed E-state index contributed by atoms with van der Waals surface area (Å²) >= 11 is 0. The first-order chi connectivity index (χ1) is 8.93. The minimum absolute atomic E-state index is 0.245. The average Bonchev–Trinajstić information content (AvgIpc) is 2.69. The maximum atomic E-state index is 11.5. The van der Waals surface area contributed by atoms with Gasteiger partial charge in [0.05, 0.1) is 12.8 Å². The van der Waals surface area contributed by atoms with Crippen LogP contribution in [0, 0.1) is 27.7 Å². The zero-order valence-electron chi connectivity index (χ0n) is 11.9. The number of nitrogens with zero attached hydrogens (tertiary/aromatic N) is 1. The quantitative estimate of drug-likeness (QED) is 0.842. The molecule has 2 rings (SSSR count). The van der Waals surface area contributed by atoms with Gasteiger partial charge in [0.1, 0.15) is 0 Å². The second kappa shape index (κ2) is 4.88. The van der Waals surface area contributed by atoms with Crippen LogP contribution >= 0.6 is 0 Å². The van der Waals surface area contributed by atoms with Crippen LogP contribution in [0.5, 0.6) is 0 Å². The molecule has 0 fully saturated rings. The van der Waals surface area contributed by atoms with Gasteiger partial charge < -0.3 is 9.72 Å². The van der Waals surface area contributed by atoms with Crippen molar-refractivity contribution in [2.75, 3.05) is 7.11 Å². The lowest BCUT2D eigenvalue weighted by Gasteiger charge is -2.09. The van der Waals surface area contributed by atoms with Crippen LogP contribution in [-0.2, 0) is 4.74 Å². The van der Waals surface area contributed by atoms with Gasteiger partial charge in [-0.1, -0.05) is 17.7 Å². The molecular formula is C15H18N2O2. The molecule has 0 amide bonds. The van der Waals surface area contributed by atoms with Gasteiger partial charge in [-0.3, -0.25) is 0 Å². The maximum absolute atomic E-state index is 11.5. The summed E-state index contributed by atoms with van der Waals surface area (Å²) in [5.41, 5.74) is 6.30. The molecule has 0 aliphatic carbocycles. The van der Waals surface area contributed by atoms with Gasteiger partial charge in [-0.25, -0.2) is 9.78 Å². The standard InChI is InChI=1S/C15H18N2O2/c1-8-6-9(2)12(10(3)7-8)13-11(4)16-14(17-13)15(18)19-5/h6-7H,1-5H3,(H,16,17). The van der Waals surface area contributed by atoms with Crippen LogP contribution in [-0.4, -0.2) is 23.0 Å². The summed E-state index contributed by atoms with van der Waals surface area (Å²) in [4.78, 5) is 18.9. The zero-order valence-corrected chi connectivity index (χ0v) is 11.9. The highest BCUT2D eigenvalue weighted by Crippen LogP contribution is 2.29. The number of ether oxygens (including phenoxy) is 1. The number of aryl methyl sites for hydroxylation is 4. The van der Waals surface area contributed by atoms with E-state index in [0.717, 1.165) is 28.1 Å². The number of carbonyl (C=O) groups excluding carboxylic acids is 1. The summed E-state index contributed by atoms with van der Waals surface area (Å²) < 4.78 is 4.69. The highest BCUT2D eigenvalue weighted by atomic mass is 16.5. The maximum Gasteiger partial charge on any atom is 0.374 e. The van der Waals surface area contributed by atoms with E-state index in [1.165, 1.54) is 12.7 Å². The smallest absolute Gasteiger partial charge is 0.374 e. The molecule has 0 spiro atoms. The molecule has 0 radical (unpaired) electrons. The summed E-state index contributed by atoms with van der Waals surface area (Å²) in [6, 6.07) is 4.24. The summed E-state index contributed by atoms with van der Waals surface area (Å²) in [7, 11) is 1.35. The minimum Gasteiger partial charge on any atom is -0.463 e. The molecule has 19 heavy (non-hydrogen) atoms. The van der Waals surface area contributed by atoms with E-state index < -0.39 is 5.97 Å². The van der Waals surface area contributed by atoms with Crippen LogP contribution in [0.1, 0.15) is 33.0 Å². The Morgan fingerprint density at radius 3 is 2.26 bits per heavy atom. The van der Waals surface area contributed by atoms with Gasteiger partial charge in [-0.15, -0.1) is 0 Å². The van der Waals surface area contributed by atoms with Crippen LogP contribution < -0.4 is 0 Å². The molecule has 4 heteroatoms. The van der Waals surface area contributed by atoms with Gasteiger partial charge in [0, 0.05) is 11.3 Å². The number of benzene rings is 1. The van der Waals surface area contributed by atoms with Crippen molar-refractivity contribution in [2.45, 2.75) is 27.7 Å². The Kier molecular flexibility index (Phi) is 3.42. The van der Waals surface area contributed by atoms with E-state index in [-0.39, 0.29) is 5.82 Å². The van der Waals surface area contributed by atoms with Crippen molar-refractivity contribution in [1.82, 2.24) is 9.97 Å². The largest absolute Gasteiger partial charge is 0.463 e. The highest BCUT2D eigenvalue weighted by molar-refractivity contribution is 5.87. The third-order valence-corrected chi connectivity index (χ3v) is 3.18. The zero-order chi connectivity index (χ0) is 14.2. The predicted molar refractivity (Wildman–Crippen MR) is 74.3 cm³/mol. The molecule has 0 aliphatic heterocycles. The number of esters is 1. The van der Waals surface area contributed by atoms with E-state index in [9.17, 15) is 4.79 Å². The van der Waals surface area contributed by atoms with Crippen molar-refractivity contribution in [1.29, 1.82) is 0 Å². The van der Waals surface area contributed by atoms with Crippen LogP contribution in [0.15, 0.2) is 12.1 Å². The molecule has 0 unspecified atom stereocenters. The number of H-pyrrole nitrogens is 1. The lowest BCUT2D eigenvalue weighted by molar-refractivity contribution is 0.0588. The number of methoxy groups -OCH3 is 1. The number of aromatic amines is 1. The number of nitrogens with one attached hydrogen (secondary N) is 1. The van der Waals surface area contributed by atoms with E-state index in [4.69, 9.17) is 0 Å². The number of hydrogen-bond acceptors (Lipinski definition) is 3. The predicted octanol–water partition coefficient (Wildman–Crippen LogP) is 3.10. The molecule has 1 aromatic carbocycles. The fourth-order valence-corrected chi connectivity index (χ4v) is 2.45. The third-order valence-electron chi connectivity index (χ3n) is 3.18. The number of hydrogen-bond donors (Lipinski definition) is 1. The summed E-state index contributed by atoms with van der Waals surface area (Å²) in [6.07, 6.45) is 0. The Bertz CT molecular complexity index is 619. The fraction of sp³-hybridized carbons (Fsp3) is 0.333. The van der Waals surface area contributed by atoms with Crippen LogP contribution in [0.2, 0.25) is 0 Å². The van der Waals surface area contributed by atoms with Crippen LogP contribution in [0.25, 0.3) is 11.3 Å². The Morgan fingerprint density at radius 2 is 1.74 bits per heavy atom. The van der Waals surface area contributed by atoms with Gasteiger partial charge in [0.2, 0.25) is 5.82 Å². The van der Waals surface area contributed by atoms with Crippen LogP contribution in [0.4, 0.5) is 0 Å². The first-order valence-electron chi connectivity index (χ1n) is 6.17. The molecular weight excluding hydrogens is 240 g/mol. The molecule has 0 bridgehead atoms. The van der Waals surface area contributed by atoms with Gasteiger partial charge in [0.25, 0.3) is 0 Å². The van der Waals surface area contributed by atoms with Crippen molar-refractivity contribution < 1.29 is 9.53 Å². The lowest BCUT2D eigenvalue weighted by Crippen LogP contribution is -2.03. The van der Waals surface area contributed by atoms with E-state index in [1.807, 2.05) is 6.92 Å². The van der Waals surface area contributed by atoms with Gasteiger partial charge in [-0.2, -0.15) is 0 Å². The minimum atomic E-state index is -0.447. The van der Waals surface area contributed by atoms with Crippen molar-refractivity contribution in [3.8, 4) is 11.3 Å². The molecule has 100 valence electrons. The Morgan fingerprint density at radius 1 is 1.16 bits per heavy atom. The third kappa shape index (κ3) is 2.38. The number of rotatable bonds is 2. The van der Waals surface area contributed by atoms with Crippen LogP contribution in [0.3, 0.4) is 0 Å². The van der Waals surface area contributed by atoms with Gasteiger partial charge in [-0.05, 0) is 38.8 Å². The summed E-state index contributed by atoms with van der Waals surface area (Å²) in [6.45, 7) is 8.09. The normalized spacial score (nSPS) is 10.6. The molecule has 4 nitrogen and oxygen atoms in total. The van der Waals surface area contributed by atoms with Crippen molar-refractivity contribution >= 4 is 5.97 Å². The van der Waals surface area contributed by atoms with E-state index in [1.54, 1.807) is 0 Å². The molecule has 1 N–H and O–H groups in total. The van der Waals surface area contributed by atoms with Gasteiger partial charge >= 0.3 is 5.97 Å². The summed E-state index contributed by atoms with van der Waals surface area (Å²) in [5.74, 6) is -0.203. The van der Waals surface area contributed by atoms with Crippen molar-refractivity contribution in [3.63, 3.8) is 0 Å². The number of imidazole rings is 1. The highest BCUT2D eigenvalue weighted by Gasteiger charge is 2.17. The van der Waals surface area contributed by atoms with Gasteiger partial charge in [0.15, 0.2) is 0 Å². The number of carbonyl (C=O) groups is 1. The van der Waals surface area contributed by atoms with E-state index in [0.29, 0.717) is 0 Å². The molecule has 0 saturated carbocycles. The first kappa shape index (κ1) is 13.3. The second-order valence-corrected chi connectivity index (χ2v) is 4.82. The molecule has 0 atom stereocenters. The van der Waals surface area contributed by atoms with E-state index in [2.05, 4.69) is 47.6 Å². The molecule has 1 aromatic heterocycles. The first-order valence-corrected chi connectivity index (χ1v) is 6.17. The monoisotopic (exact) mass is 258 g/mol. The Balaban J connectivity index is 2.60. The topological polar surface area (TPSA) is 55.0 Å². The summed E-state index contributed by atoms with van der Waals surface area (Å²) in [5, 5.41) is 0. The Labute approximate surface area is 112 Å². The molecule has 0 saturated heterocycles. The molecule has 0 aliphatic rings. The Hall–Kier alpha value is -2.10. The second-order valence-electron chi connectivity index (χ2n) is 4.82. The lowest BCUT2D eigenvalue weighted by atomic mass is 9.96. The van der Waals surface area contributed by atoms with Crippen molar-refractivity contribution in [2.24, 2.45) is 0 Å². The molecule has 2 aromatic rings.